The molecule has 1 aliphatic rings. The van der Waals surface area contributed by atoms with Crippen molar-refractivity contribution in [1.82, 2.24) is 20.0 Å². The first-order valence-electron chi connectivity index (χ1n) is 9.62. The summed E-state index contributed by atoms with van der Waals surface area (Å²) in [4.78, 5) is 30.1. The highest BCUT2D eigenvalue weighted by atomic mass is 19.1. The lowest BCUT2D eigenvalue weighted by atomic mass is 10.1. The van der Waals surface area contributed by atoms with E-state index in [4.69, 9.17) is 9.47 Å². The molecular formula is C21H20F2N4O4. The Morgan fingerprint density at radius 1 is 1.19 bits per heavy atom. The highest BCUT2D eigenvalue weighted by molar-refractivity contribution is 5.96. The minimum absolute atomic E-state index is 0.0364. The van der Waals surface area contributed by atoms with Gasteiger partial charge >= 0.3 is 0 Å². The predicted octanol–water partition coefficient (Wildman–Crippen LogP) is 1.71. The van der Waals surface area contributed by atoms with Crippen LogP contribution in [0.5, 0.6) is 5.88 Å². The molecule has 3 aromatic rings. The average Bonchev–Trinajstić information content (AvgIpc) is 2.78. The third-order valence-corrected chi connectivity index (χ3v) is 5.02. The summed E-state index contributed by atoms with van der Waals surface area (Å²) in [5.41, 5.74) is 1.96. The lowest BCUT2D eigenvalue weighted by Crippen LogP contribution is -2.49. The maximum Gasteiger partial charge on any atom is 0.271 e. The van der Waals surface area contributed by atoms with Gasteiger partial charge in [-0.05, 0) is 18.2 Å². The van der Waals surface area contributed by atoms with Crippen molar-refractivity contribution < 1.29 is 23.0 Å². The van der Waals surface area contributed by atoms with Gasteiger partial charge in [-0.1, -0.05) is 6.07 Å². The molecule has 1 saturated heterocycles. The fraction of sp³-hybridized carbons (Fsp3) is 0.286. The van der Waals surface area contributed by atoms with Crippen molar-refractivity contribution in [2.45, 2.75) is 6.54 Å². The Morgan fingerprint density at radius 2 is 1.90 bits per heavy atom. The van der Waals surface area contributed by atoms with Gasteiger partial charge in [-0.2, -0.15) is 0 Å². The Kier molecular flexibility index (Phi) is 5.92. The summed E-state index contributed by atoms with van der Waals surface area (Å²) in [6.07, 6.45) is 1.29. The second-order valence-electron chi connectivity index (χ2n) is 6.96. The molecular weight excluding hydrogens is 410 g/mol. The highest BCUT2D eigenvalue weighted by Crippen LogP contribution is 2.19. The number of morpholine rings is 1. The number of carbonyl (C=O) groups is 1. The second-order valence-corrected chi connectivity index (χ2v) is 6.96. The van der Waals surface area contributed by atoms with Crippen LogP contribution in [0.2, 0.25) is 0 Å². The normalized spacial score (nSPS) is 14.5. The number of amides is 1. The molecule has 2 aromatic heterocycles. The summed E-state index contributed by atoms with van der Waals surface area (Å²) in [7, 11) is 1.40. The first-order valence-corrected chi connectivity index (χ1v) is 9.62. The molecule has 162 valence electrons. The largest absolute Gasteiger partial charge is 0.481 e. The van der Waals surface area contributed by atoms with Crippen molar-refractivity contribution in [2.75, 3.05) is 33.4 Å². The van der Waals surface area contributed by atoms with E-state index in [-0.39, 0.29) is 29.1 Å². The monoisotopic (exact) mass is 430 g/mol. The van der Waals surface area contributed by atoms with Crippen molar-refractivity contribution in [2.24, 2.45) is 0 Å². The maximum absolute atomic E-state index is 14.3. The first-order chi connectivity index (χ1) is 15.0. The fourth-order valence-corrected chi connectivity index (χ4v) is 3.38. The number of ether oxygens (including phenoxy) is 2. The van der Waals surface area contributed by atoms with Crippen LogP contribution in [0.15, 0.2) is 41.3 Å². The number of nitrogens with one attached hydrogen (secondary N) is 1. The first kappa shape index (κ1) is 20.9. The molecule has 0 aliphatic carbocycles. The van der Waals surface area contributed by atoms with E-state index in [0.29, 0.717) is 31.8 Å². The Balaban J connectivity index is 1.81. The molecule has 1 aliphatic heterocycles. The second kappa shape index (κ2) is 8.78. The maximum atomic E-state index is 14.3. The molecule has 10 heteroatoms. The van der Waals surface area contributed by atoms with E-state index < -0.39 is 23.0 Å². The Morgan fingerprint density at radius 3 is 2.58 bits per heavy atom. The van der Waals surface area contributed by atoms with Crippen LogP contribution in [0, 0.1) is 11.6 Å². The van der Waals surface area contributed by atoms with E-state index >= 15 is 0 Å². The van der Waals surface area contributed by atoms with Crippen molar-refractivity contribution in [1.29, 1.82) is 0 Å². The van der Waals surface area contributed by atoms with Crippen LogP contribution in [-0.2, 0) is 11.3 Å². The number of hydrogen-bond acceptors (Lipinski definition) is 6. The van der Waals surface area contributed by atoms with Crippen LogP contribution < -0.4 is 15.6 Å². The van der Waals surface area contributed by atoms with Crippen molar-refractivity contribution in [3.05, 3.63) is 69.5 Å². The molecule has 1 fully saturated rings. The highest BCUT2D eigenvalue weighted by Gasteiger charge is 2.21. The smallest absolute Gasteiger partial charge is 0.271 e. The number of fused-ring (bicyclic) bond motifs is 1. The standard InChI is InChI=1S/C21H20F2N4O4/c1-30-18-6-5-17-19(24-18)20(28)14(21(29)25-27-7-9-31-10-8-27)12-26(17)11-13-15(22)3-2-4-16(13)23/h2-6,12H,7-11H2,1H3,(H,25,29). The third kappa shape index (κ3) is 4.25. The lowest BCUT2D eigenvalue weighted by Gasteiger charge is -2.27. The van der Waals surface area contributed by atoms with Gasteiger partial charge in [0, 0.05) is 30.9 Å². The molecule has 8 nitrogen and oxygen atoms in total. The number of rotatable bonds is 5. The minimum atomic E-state index is -0.729. The van der Waals surface area contributed by atoms with Crippen molar-refractivity contribution in [3.63, 3.8) is 0 Å². The summed E-state index contributed by atoms with van der Waals surface area (Å²) in [6, 6.07) is 6.66. The third-order valence-electron chi connectivity index (χ3n) is 5.02. The zero-order valence-corrected chi connectivity index (χ0v) is 16.7. The van der Waals surface area contributed by atoms with E-state index in [1.807, 2.05) is 0 Å². The van der Waals surface area contributed by atoms with Gasteiger partial charge in [0.25, 0.3) is 5.91 Å². The van der Waals surface area contributed by atoms with Crippen LogP contribution in [-0.4, -0.2) is 53.9 Å². The van der Waals surface area contributed by atoms with Crippen LogP contribution >= 0.6 is 0 Å². The van der Waals surface area contributed by atoms with Gasteiger partial charge in [0.1, 0.15) is 22.7 Å². The zero-order chi connectivity index (χ0) is 22.0. The molecule has 0 atom stereocenters. The summed E-state index contributed by atoms with van der Waals surface area (Å²) < 4.78 is 40.3. The van der Waals surface area contributed by atoms with Gasteiger partial charge in [-0.15, -0.1) is 0 Å². The summed E-state index contributed by atoms with van der Waals surface area (Å²) >= 11 is 0. The van der Waals surface area contributed by atoms with Gasteiger partial charge in [-0.3, -0.25) is 15.0 Å². The number of halogens is 2. The predicted molar refractivity (Wildman–Crippen MR) is 108 cm³/mol. The number of benzene rings is 1. The number of nitrogens with zero attached hydrogens (tertiary/aromatic N) is 3. The lowest BCUT2D eigenvalue weighted by molar-refractivity contribution is 0.0125. The summed E-state index contributed by atoms with van der Waals surface area (Å²) in [5.74, 6) is -1.92. The van der Waals surface area contributed by atoms with Gasteiger partial charge in [-0.25, -0.2) is 18.8 Å². The molecule has 1 aromatic carbocycles. The van der Waals surface area contributed by atoms with Crippen LogP contribution in [0.4, 0.5) is 8.78 Å². The number of hydrazine groups is 1. The Labute approximate surface area is 176 Å². The number of hydrogen-bond donors (Lipinski definition) is 1. The summed E-state index contributed by atoms with van der Waals surface area (Å²) in [6.45, 7) is 1.61. The molecule has 3 heterocycles. The minimum Gasteiger partial charge on any atom is -0.481 e. The molecule has 4 rings (SSSR count). The topological polar surface area (TPSA) is 85.7 Å². The summed E-state index contributed by atoms with van der Waals surface area (Å²) in [5, 5.41) is 1.65. The molecule has 0 spiro atoms. The molecule has 0 saturated carbocycles. The van der Waals surface area contributed by atoms with Crippen LogP contribution in [0.3, 0.4) is 0 Å². The number of aromatic nitrogens is 2. The van der Waals surface area contributed by atoms with Crippen LogP contribution in [0.25, 0.3) is 11.0 Å². The average molecular weight is 430 g/mol. The number of methoxy groups -OCH3 is 1. The van der Waals surface area contributed by atoms with E-state index in [2.05, 4.69) is 10.4 Å². The fourth-order valence-electron chi connectivity index (χ4n) is 3.38. The SMILES string of the molecule is COc1ccc2c(n1)c(=O)c(C(=O)NN1CCOCC1)cn2Cc1c(F)cccc1F. The zero-order valence-electron chi connectivity index (χ0n) is 16.7. The van der Waals surface area contributed by atoms with E-state index in [9.17, 15) is 18.4 Å². The Hall–Kier alpha value is -3.37. The number of pyridine rings is 2. The molecule has 1 N–H and O–H groups in total. The van der Waals surface area contributed by atoms with Crippen molar-refractivity contribution >= 4 is 16.9 Å². The van der Waals surface area contributed by atoms with Gasteiger partial charge in [0.15, 0.2) is 0 Å². The van der Waals surface area contributed by atoms with Crippen LogP contribution in [0.1, 0.15) is 15.9 Å². The molecule has 1 amide bonds. The molecule has 0 bridgehead atoms. The molecule has 0 unspecified atom stereocenters. The molecule has 31 heavy (non-hydrogen) atoms. The van der Waals surface area contributed by atoms with E-state index in [1.54, 1.807) is 11.1 Å². The number of carbonyl (C=O) groups excluding carboxylic acids is 1. The Bertz CT molecular complexity index is 1170. The van der Waals surface area contributed by atoms with Gasteiger partial charge < -0.3 is 14.0 Å². The van der Waals surface area contributed by atoms with Gasteiger partial charge in [0.2, 0.25) is 11.3 Å². The van der Waals surface area contributed by atoms with Gasteiger partial charge in [0.05, 0.1) is 32.4 Å². The van der Waals surface area contributed by atoms with E-state index in [0.717, 1.165) is 12.1 Å². The van der Waals surface area contributed by atoms with Crippen molar-refractivity contribution in [3.8, 4) is 5.88 Å². The molecule has 0 radical (unpaired) electrons. The quantitative estimate of drug-likeness (QED) is 0.664. The van der Waals surface area contributed by atoms with E-state index in [1.165, 1.54) is 30.0 Å².